The highest BCUT2D eigenvalue weighted by Crippen LogP contribution is 2.28. The molecule has 1 aromatic carbocycles. The maximum Gasteiger partial charge on any atom is 0.303 e. The van der Waals surface area contributed by atoms with Gasteiger partial charge in [-0.15, -0.1) is 10.2 Å². The summed E-state index contributed by atoms with van der Waals surface area (Å²) >= 11 is 6.02. The number of aryl methyl sites for hydroxylation is 1. The lowest BCUT2D eigenvalue weighted by Crippen LogP contribution is -2.19. The highest BCUT2D eigenvalue weighted by molar-refractivity contribution is 6.30. The molecule has 0 atom stereocenters. The van der Waals surface area contributed by atoms with Crippen molar-refractivity contribution in [1.82, 2.24) is 10.2 Å². The van der Waals surface area contributed by atoms with Crippen molar-refractivity contribution in [1.29, 1.82) is 0 Å². The Balaban J connectivity index is 2.20. The largest absolute Gasteiger partial charge is 0.481 e. The minimum Gasteiger partial charge on any atom is -0.481 e. The second-order valence-electron chi connectivity index (χ2n) is 5.93. The van der Waals surface area contributed by atoms with E-state index in [0.29, 0.717) is 23.2 Å². The summed E-state index contributed by atoms with van der Waals surface area (Å²) in [6.45, 7) is 5.64. The molecule has 0 fully saturated rings. The first kappa shape index (κ1) is 15.5. The zero-order valence-corrected chi connectivity index (χ0v) is 12.9. The smallest absolute Gasteiger partial charge is 0.303 e. The van der Waals surface area contributed by atoms with E-state index in [1.807, 2.05) is 32.9 Å². The molecule has 1 aromatic heterocycles. The van der Waals surface area contributed by atoms with Gasteiger partial charge in [0, 0.05) is 17.0 Å². The molecule has 5 nitrogen and oxygen atoms in total. The summed E-state index contributed by atoms with van der Waals surface area (Å²) in [6, 6.07) is 5.51. The third kappa shape index (κ3) is 4.29. The number of carboxylic acid groups (broad SMARTS) is 1. The number of rotatable bonds is 5. The molecule has 112 valence electrons. The van der Waals surface area contributed by atoms with Crippen molar-refractivity contribution in [2.75, 3.05) is 0 Å². The van der Waals surface area contributed by atoms with Crippen molar-refractivity contribution in [3.05, 3.63) is 34.7 Å². The van der Waals surface area contributed by atoms with Crippen LogP contribution in [0.2, 0.25) is 5.02 Å². The number of aliphatic carboxylic acids is 1. The number of carbonyl (C=O) groups is 1. The van der Waals surface area contributed by atoms with E-state index >= 15 is 0 Å². The average molecular weight is 309 g/mol. The molecule has 21 heavy (non-hydrogen) atoms. The summed E-state index contributed by atoms with van der Waals surface area (Å²) in [5, 5.41) is 17.5. The van der Waals surface area contributed by atoms with Gasteiger partial charge < -0.3 is 9.52 Å². The van der Waals surface area contributed by atoms with Gasteiger partial charge in [-0.1, -0.05) is 25.4 Å². The average Bonchev–Trinajstić information content (AvgIpc) is 2.73. The summed E-state index contributed by atoms with van der Waals surface area (Å²) in [4.78, 5) is 10.8. The lowest BCUT2D eigenvalue weighted by molar-refractivity contribution is -0.139. The van der Waals surface area contributed by atoms with Crippen LogP contribution < -0.4 is 0 Å². The minimum atomic E-state index is -0.842. The van der Waals surface area contributed by atoms with E-state index in [1.54, 1.807) is 6.07 Å². The summed E-state index contributed by atoms with van der Waals surface area (Å²) in [7, 11) is 0. The number of halogens is 1. The monoisotopic (exact) mass is 308 g/mol. The fourth-order valence-electron chi connectivity index (χ4n) is 2.18. The lowest BCUT2D eigenvalue weighted by Gasteiger charge is -2.19. The first-order chi connectivity index (χ1) is 9.75. The number of hydrogen-bond donors (Lipinski definition) is 1. The Morgan fingerprint density at radius 1 is 1.33 bits per heavy atom. The van der Waals surface area contributed by atoms with Crippen LogP contribution in [-0.2, 0) is 11.2 Å². The van der Waals surface area contributed by atoms with E-state index in [9.17, 15) is 4.79 Å². The molecule has 6 heteroatoms. The standard InChI is InChI=1S/C15H17ClN2O3/c1-9-4-10(6-11(16)5-9)14-18-17-12(21-14)7-15(2,3)8-13(19)20/h4-6H,7-8H2,1-3H3,(H,19,20). The van der Waals surface area contributed by atoms with Crippen molar-refractivity contribution in [3.8, 4) is 11.5 Å². The van der Waals surface area contributed by atoms with E-state index in [1.165, 1.54) is 0 Å². The molecule has 0 saturated carbocycles. The van der Waals surface area contributed by atoms with Gasteiger partial charge in [0.05, 0.1) is 6.42 Å². The highest BCUT2D eigenvalue weighted by Gasteiger charge is 2.25. The molecule has 0 bridgehead atoms. The van der Waals surface area contributed by atoms with E-state index < -0.39 is 11.4 Å². The fourth-order valence-corrected chi connectivity index (χ4v) is 2.47. The van der Waals surface area contributed by atoms with Crippen LogP contribution in [0.3, 0.4) is 0 Å². The van der Waals surface area contributed by atoms with Crippen LogP contribution in [0.5, 0.6) is 0 Å². The maximum atomic E-state index is 10.8. The lowest BCUT2D eigenvalue weighted by atomic mass is 9.86. The molecule has 0 aliphatic carbocycles. The summed E-state index contributed by atoms with van der Waals surface area (Å²) in [6.07, 6.45) is 0.451. The van der Waals surface area contributed by atoms with E-state index in [0.717, 1.165) is 11.1 Å². The number of aromatic nitrogens is 2. The first-order valence-electron chi connectivity index (χ1n) is 6.57. The van der Waals surface area contributed by atoms with Crippen LogP contribution in [-0.4, -0.2) is 21.3 Å². The van der Waals surface area contributed by atoms with Crippen LogP contribution in [0.1, 0.15) is 31.7 Å². The third-order valence-electron chi connectivity index (χ3n) is 3.02. The Labute approximate surface area is 128 Å². The Morgan fingerprint density at radius 2 is 2.05 bits per heavy atom. The molecule has 2 aromatic rings. The Bertz CT molecular complexity index is 644. The number of benzene rings is 1. The Kier molecular flexibility index (Phi) is 4.32. The number of nitrogens with zero attached hydrogens (tertiary/aromatic N) is 2. The first-order valence-corrected chi connectivity index (χ1v) is 6.95. The van der Waals surface area contributed by atoms with Crippen LogP contribution in [0.4, 0.5) is 0 Å². The molecule has 0 aliphatic rings. The fraction of sp³-hybridized carbons (Fsp3) is 0.400. The van der Waals surface area contributed by atoms with Gasteiger partial charge in [-0.05, 0) is 36.1 Å². The van der Waals surface area contributed by atoms with Gasteiger partial charge in [0.25, 0.3) is 0 Å². The summed E-state index contributed by atoms with van der Waals surface area (Å²) in [5.41, 5.74) is 1.32. The van der Waals surface area contributed by atoms with Gasteiger partial charge in [-0.25, -0.2) is 0 Å². The van der Waals surface area contributed by atoms with Gasteiger partial charge in [0.15, 0.2) is 0 Å². The Morgan fingerprint density at radius 3 is 2.67 bits per heavy atom. The predicted octanol–water partition coefficient (Wildman–Crippen LogP) is 3.74. The summed E-state index contributed by atoms with van der Waals surface area (Å²) in [5.74, 6) is -0.0270. The second kappa shape index (κ2) is 5.85. The molecule has 0 radical (unpaired) electrons. The maximum absolute atomic E-state index is 10.8. The SMILES string of the molecule is Cc1cc(Cl)cc(-c2nnc(CC(C)(C)CC(=O)O)o2)c1. The quantitative estimate of drug-likeness (QED) is 0.910. The molecule has 0 aliphatic heterocycles. The number of hydrogen-bond acceptors (Lipinski definition) is 4. The molecule has 0 unspecified atom stereocenters. The van der Waals surface area contributed by atoms with Gasteiger partial charge >= 0.3 is 5.97 Å². The molecular weight excluding hydrogens is 292 g/mol. The van der Waals surface area contributed by atoms with Crippen molar-refractivity contribution in [3.63, 3.8) is 0 Å². The van der Waals surface area contributed by atoms with Crippen molar-refractivity contribution in [2.45, 2.75) is 33.6 Å². The van der Waals surface area contributed by atoms with Gasteiger partial charge in [-0.3, -0.25) is 4.79 Å². The van der Waals surface area contributed by atoms with E-state index in [-0.39, 0.29) is 6.42 Å². The van der Waals surface area contributed by atoms with Crippen molar-refractivity contribution in [2.24, 2.45) is 5.41 Å². The van der Waals surface area contributed by atoms with Crippen LogP contribution in [0.25, 0.3) is 11.5 Å². The second-order valence-corrected chi connectivity index (χ2v) is 6.37. The molecule has 0 saturated heterocycles. The van der Waals surface area contributed by atoms with Crippen molar-refractivity contribution < 1.29 is 14.3 Å². The molecule has 2 rings (SSSR count). The number of carboxylic acids is 1. The molecule has 1 heterocycles. The van der Waals surface area contributed by atoms with Gasteiger partial charge in [0.2, 0.25) is 11.8 Å². The normalized spacial score (nSPS) is 11.6. The zero-order chi connectivity index (χ0) is 15.6. The topological polar surface area (TPSA) is 76.2 Å². The molecule has 1 N–H and O–H groups in total. The van der Waals surface area contributed by atoms with Crippen LogP contribution in [0, 0.1) is 12.3 Å². The van der Waals surface area contributed by atoms with E-state index in [2.05, 4.69) is 10.2 Å². The molecule has 0 amide bonds. The predicted molar refractivity (Wildman–Crippen MR) is 79.2 cm³/mol. The van der Waals surface area contributed by atoms with Crippen LogP contribution >= 0.6 is 11.6 Å². The third-order valence-corrected chi connectivity index (χ3v) is 3.23. The molecular formula is C15H17ClN2O3. The zero-order valence-electron chi connectivity index (χ0n) is 12.2. The van der Waals surface area contributed by atoms with Gasteiger partial charge in [-0.2, -0.15) is 0 Å². The van der Waals surface area contributed by atoms with Crippen LogP contribution in [0.15, 0.2) is 22.6 Å². The minimum absolute atomic E-state index is 0.0426. The van der Waals surface area contributed by atoms with Gasteiger partial charge in [0.1, 0.15) is 0 Å². The molecule has 0 spiro atoms. The van der Waals surface area contributed by atoms with Crippen molar-refractivity contribution >= 4 is 17.6 Å². The highest BCUT2D eigenvalue weighted by atomic mass is 35.5. The van der Waals surface area contributed by atoms with E-state index in [4.69, 9.17) is 21.1 Å². The Hall–Kier alpha value is -1.88. The summed E-state index contributed by atoms with van der Waals surface area (Å²) < 4.78 is 5.62.